The normalized spacial score (nSPS) is 28.8. The topological polar surface area (TPSA) is 41.6 Å². The molecule has 2 aromatic rings. The number of rotatable bonds is 3. The standard InChI is InChI=1S/C23H30N2O2S.ClH/c1-23(2)21(16-6-10-25(23)11-7-16)24-22(26)19-14-17-4-3-5-18(20(17)28-19)15-8-12-27-13-9-15;/h3-5,14-16,21H,6-13H2,1-2H3,(H,24,26);1H/t21-;/m1./s1. The number of thiophene rings is 1. The first-order valence-corrected chi connectivity index (χ1v) is 11.5. The van der Waals surface area contributed by atoms with E-state index in [1.165, 1.54) is 41.6 Å². The zero-order valence-electron chi connectivity index (χ0n) is 17.3. The van der Waals surface area contributed by atoms with E-state index in [-0.39, 0.29) is 29.9 Å². The lowest BCUT2D eigenvalue weighted by Gasteiger charge is -2.56. The van der Waals surface area contributed by atoms with Crippen molar-refractivity contribution in [1.82, 2.24) is 10.2 Å². The van der Waals surface area contributed by atoms with Gasteiger partial charge in [0.05, 0.1) is 4.88 Å². The van der Waals surface area contributed by atoms with Gasteiger partial charge in [0.2, 0.25) is 0 Å². The van der Waals surface area contributed by atoms with Gasteiger partial charge in [0.1, 0.15) is 0 Å². The Morgan fingerprint density at radius 1 is 1.17 bits per heavy atom. The lowest BCUT2D eigenvalue weighted by Crippen LogP contribution is -2.69. The Morgan fingerprint density at radius 3 is 2.59 bits per heavy atom. The minimum Gasteiger partial charge on any atom is -0.381 e. The molecule has 4 nitrogen and oxygen atoms in total. The fourth-order valence-corrected chi connectivity index (χ4v) is 6.77. The Kier molecular flexibility index (Phi) is 5.95. The summed E-state index contributed by atoms with van der Waals surface area (Å²) in [7, 11) is 0. The van der Waals surface area contributed by atoms with Gasteiger partial charge in [0.15, 0.2) is 0 Å². The maximum absolute atomic E-state index is 13.2. The quantitative estimate of drug-likeness (QED) is 0.752. The summed E-state index contributed by atoms with van der Waals surface area (Å²) < 4.78 is 6.83. The Bertz CT molecular complexity index is 882. The molecule has 0 aliphatic carbocycles. The van der Waals surface area contributed by atoms with E-state index in [1.54, 1.807) is 11.3 Å². The Labute approximate surface area is 183 Å². The van der Waals surface area contributed by atoms with E-state index in [0.29, 0.717) is 11.8 Å². The average Bonchev–Trinajstić information content (AvgIpc) is 3.16. The summed E-state index contributed by atoms with van der Waals surface area (Å²) in [6, 6.07) is 8.85. The Hall–Kier alpha value is -1.14. The van der Waals surface area contributed by atoms with Crippen LogP contribution in [-0.2, 0) is 4.74 Å². The van der Waals surface area contributed by atoms with Crippen LogP contribution in [0.2, 0.25) is 0 Å². The average molecular weight is 435 g/mol. The number of benzene rings is 1. The van der Waals surface area contributed by atoms with E-state index in [2.05, 4.69) is 48.3 Å². The van der Waals surface area contributed by atoms with Crippen LogP contribution in [0.3, 0.4) is 0 Å². The predicted octanol–water partition coefficient (Wildman–Crippen LogP) is 4.82. The number of nitrogens with one attached hydrogen (secondary N) is 1. The van der Waals surface area contributed by atoms with Crippen molar-refractivity contribution < 1.29 is 9.53 Å². The van der Waals surface area contributed by atoms with Crippen LogP contribution in [0.1, 0.15) is 60.7 Å². The molecule has 0 spiro atoms. The van der Waals surface area contributed by atoms with Gasteiger partial charge in [-0.2, -0.15) is 0 Å². The molecule has 1 aromatic carbocycles. The molecule has 0 saturated carbocycles. The second-order valence-electron chi connectivity index (χ2n) is 9.19. The molecule has 4 aliphatic heterocycles. The fourth-order valence-electron chi connectivity index (χ4n) is 5.62. The number of hydrogen-bond donors (Lipinski definition) is 1. The summed E-state index contributed by atoms with van der Waals surface area (Å²) in [6.07, 6.45) is 4.56. The van der Waals surface area contributed by atoms with Crippen LogP contribution in [0.25, 0.3) is 10.1 Å². The number of fused-ring (bicyclic) bond motifs is 4. The fraction of sp³-hybridized carbons (Fsp3) is 0.609. The molecule has 6 heteroatoms. The smallest absolute Gasteiger partial charge is 0.261 e. The molecule has 4 fully saturated rings. The van der Waals surface area contributed by atoms with Crippen molar-refractivity contribution >= 4 is 39.7 Å². The monoisotopic (exact) mass is 434 g/mol. The number of hydrogen-bond acceptors (Lipinski definition) is 4. The molecule has 0 unspecified atom stereocenters. The van der Waals surface area contributed by atoms with Crippen LogP contribution >= 0.6 is 23.7 Å². The van der Waals surface area contributed by atoms with Crippen molar-refractivity contribution in [2.75, 3.05) is 26.3 Å². The first-order chi connectivity index (χ1) is 13.5. The van der Waals surface area contributed by atoms with Gasteiger partial charge in [0, 0.05) is 29.5 Å². The van der Waals surface area contributed by atoms with E-state index < -0.39 is 0 Å². The highest BCUT2D eigenvalue weighted by Crippen LogP contribution is 2.40. The zero-order chi connectivity index (χ0) is 19.3. The minimum absolute atomic E-state index is 0. The molecule has 2 bridgehead atoms. The third kappa shape index (κ3) is 3.71. The lowest BCUT2D eigenvalue weighted by molar-refractivity contribution is -0.0377. The minimum atomic E-state index is 0. The number of carbonyl (C=O) groups excluding carboxylic acids is 1. The summed E-state index contributed by atoms with van der Waals surface area (Å²) in [5.41, 5.74) is 1.44. The molecule has 0 radical (unpaired) electrons. The van der Waals surface area contributed by atoms with Gasteiger partial charge in [-0.05, 0) is 81.5 Å². The highest BCUT2D eigenvalue weighted by atomic mass is 35.5. The molecule has 158 valence electrons. The van der Waals surface area contributed by atoms with Gasteiger partial charge in [-0.25, -0.2) is 0 Å². The van der Waals surface area contributed by atoms with Crippen molar-refractivity contribution in [2.45, 2.75) is 57.0 Å². The molecule has 1 aromatic heterocycles. The second kappa shape index (κ2) is 8.18. The number of halogens is 1. The van der Waals surface area contributed by atoms with Crippen LogP contribution in [-0.4, -0.2) is 48.7 Å². The van der Waals surface area contributed by atoms with E-state index in [9.17, 15) is 4.79 Å². The van der Waals surface area contributed by atoms with Crippen LogP contribution in [0.5, 0.6) is 0 Å². The third-order valence-corrected chi connectivity index (χ3v) is 8.53. The summed E-state index contributed by atoms with van der Waals surface area (Å²) >= 11 is 1.67. The highest BCUT2D eigenvalue weighted by Gasteiger charge is 2.48. The summed E-state index contributed by atoms with van der Waals surface area (Å²) in [5, 5.41) is 4.63. The van der Waals surface area contributed by atoms with Gasteiger partial charge in [-0.15, -0.1) is 23.7 Å². The van der Waals surface area contributed by atoms with Crippen LogP contribution in [0.15, 0.2) is 24.3 Å². The van der Waals surface area contributed by atoms with Gasteiger partial charge in [-0.1, -0.05) is 18.2 Å². The molecule has 5 heterocycles. The summed E-state index contributed by atoms with van der Waals surface area (Å²) in [4.78, 5) is 16.6. The van der Waals surface area contributed by atoms with Crippen molar-refractivity contribution in [2.24, 2.45) is 5.92 Å². The highest BCUT2D eigenvalue weighted by molar-refractivity contribution is 7.21. The first kappa shape index (κ1) is 21.1. The molecule has 29 heavy (non-hydrogen) atoms. The SMILES string of the molecule is CC1(C)[C@H](NC(=O)c2cc3cccc(C4CCOCC4)c3s2)C2CCN1CC2.Cl. The van der Waals surface area contributed by atoms with E-state index >= 15 is 0 Å². The van der Waals surface area contributed by atoms with Crippen LogP contribution in [0, 0.1) is 5.92 Å². The molecule has 4 aliphatic rings. The Morgan fingerprint density at radius 2 is 1.90 bits per heavy atom. The number of carbonyl (C=O) groups is 1. The van der Waals surface area contributed by atoms with Crippen molar-refractivity contribution in [3.63, 3.8) is 0 Å². The van der Waals surface area contributed by atoms with Crippen molar-refractivity contribution in [3.8, 4) is 0 Å². The lowest BCUT2D eigenvalue weighted by atomic mass is 9.72. The number of piperidine rings is 3. The van der Waals surface area contributed by atoms with E-state index in [0.717, 1.165) is 30.9 Å². The van der Waals surface area contributed by atoms with Gasteiger partial charge >= 0.3 is 0 Å². The van der Waals surface area contributed by atoms with E-state index in [4.69, 9.17) is 4.74 Å². The van der Waals surface area contributed by atoms with Crippen molar-refractivity contribution in [3.05, 3.63) is 34.7 Å². The first-order valence-electron chi connectivity index (χ1n) is 10.7. The molecule has 1 amide bonds. The second-order valence-corrected chi connectivity index (χ2v) is 10.2. The van der Waals surface area contributed by atoms with Gasteiger partial charge < -0.3 is 10.1 Å². The third-order valence-electron chi connectivity index (χ3n) is 7.33. The van der Waals surface area contributed by atoms with Gasteiger partial charge in [0.25, 0.3) is 5.91 Å². The number of amides is 1. The molecule has 6 rings (SSSR count). The van der Waals surface area contributed by atoms with E-state index in [1.807, 2.05) is 0 Å². The molecular formula is C23H31ClN2O2S. The van der Waals surface area contributed by atoms with Gasteiger partial charge in [-0.3, -0.25) is 9.69 Å². The molecular weight excluding hydrogens is 404 g/mol. The van der Waals surface area contributed by atoms with Crippen LogP contribution < -0.4 is 5.32 Å². The van der Waals surface area contributed by atoms with Crippen LogP contribution in [0.4, 0.5) is 0 Å². The molecule has 1 atom stereocenters. The predicted molar refractivity (Wildman–Crippen MR) is 121 cm³/mol. The largest absolute Gasteiger partial charge is 0.381 e. The maximum Gasteiger partial charge on any atom is 0.261 e. The summed E-state index contributed by atoms with van der Waals surface area (Å²) in [5.74, 6) is 1.26. The van der Waals surface area contributed by atoms with Crippen molar-refractivity contribution in [1.29, 1.82) is 0 Å². The Balaban J connectivity index is 0.00000205. The number of ether oxygens (including phenoxy) is 1. The molecule has 1 N–H and O–H groups in total. The molecule has 4 saturated heterocycles. The summed E-state index contributed by atoms with van der Waals surface area (Å²) in [6.45, 7) is 8.60. The maximum atomic E-state index is 13.2. The number of nitrogens with zero attached hydrogens (tertiary/aromatic N) is 1. The zero-order valence-corrected chi connectivity index (χ0v) is 18.9.